The number of pyridine rings is 1. The Bertz CT molecular complexity index is 1350. The van der Waals surface area contributed by atoms with E-state index in [4.69, 9.17) is 16.3 Å². The number of carbonyl (C=O) groups excluding carboxylic acids is 3. The number of urea groups is 1. The van der Waals surface area contributed by atoms with Crippen molar-refractivity contribution in [3.05, 3.63) is 112 Å². The molecule has 1 aliphatic heterocycles. The molecule has 10 heteroatoms. The molecule has 0 fully saturated rings. The van der Waals surface area contributed by atoms with Crippen LogP contribution in [0.1, 0.15) is 29.7 Å². The summed E-state index contributed by atoms with van der Waals surface area (Å²) >= 11 is 5.98. The van der Waals surface area contributed by atoms with Crippen LogP contribution in [0.15, 0.2) is 84.3 Å². The van der Waals surface area contributed by atoms with Gasteiger partial charge in [-0.25, -0.2) is 14.0 Å². The number of esters is 1. The lowest BCUT2D eigenvalue weighted by Crippen LogP contribution is -2.49. The molecule has 38 heavy (non-hydrogen) atoms. The quantitative estimate of drug-likeness (QED) is 0.397. The largest absolute Gasteiger partial charge is 0.463 e. The third kappa shape index (κ3) is 6.74. The van der Waals surface area contributed by atoms with E-state index in [1.54, 1.807) is 55.7 Å². The average molecular weight is 537 g/mol. The summed E-state index contributed by atoms with van der Waals surface area (Å²) in [6.45, 7) is 1.82. The molecule has 0 spiro atoms. The van der Waals surface area contributed by atoms with Crippen molar-refractivity contribution in [1.29, 1.82) is 0 Å². The van der Waals surface area contributed by atoms with Gasteiger partial charge in [0.15, 0.2) is 0 Å². The van der Waals surface area contributed by atoms with Gasteiger partial charge >= 0.3 is 12.0 Å². The van der Waals surface area contributed by atoms with Gasteiger partial charge in [0, 0.05) is 24.0 Å². The Morgan fingerprint density at radius 2 is 1.87 bits per heavy atom. The van der Waals surface area contributed by atoms with Crippen LogP contribution >= 0.6 is 11.6 Å². The number of nitrogens with one attached hydrogen (secondary N) is 2. The normalized spacial score (nSPS) is 14.9. The van der Waals surface area contributed by atoms with Crippen molar-refractivity contribution < 1.29 is 23.5 Å². The summed E-state index contributed by atoms with van der Waals surface area (Å²) in [6, 6.07) is 14.6. The molecule has 2 heterocycles. The summed E-state index contributed by atoms with van der Waals surface area (Å²) in [4.78, 5) is 45.0. The van der Waals surface area contributed by atoms with Crippen molar-refractivity contribution in [2.75, 3.05) is 13.2 Å². The van der Waals surface area contributed by atoms with Crippen molar-refractivity contribution in [3.63, 3.8) is 0 Å². The number of carbonyl (C=O) groups is 3. The van der Waals surface area contributed by atoms with Gasteiger partial charge in [0.2, 0.25) is 5.91 Å². The Hall–Kier alpha value is -4.24. The van der Waals surface area contributed by atoms with Gasteiger partial charge < -0.3 is 20.3 Å². The van der Waals surface area contributed by atoms with Crippen molar-refractivity contribution in [3.8, 4) is 0 Å². The van der Waals surface area contributed by atoms with Crippen LogP contribution in [0.25, 0.3) is 0 Å². The van der Waals surface area contributed by atoms with Crippen LogP contribution in [-0.2, 0) is 27.3 Å². The Balaban J connectivity index is 1.73. The number of ether oxygens (including phenoxy) is 1. The molecule has 0 radical (unpaired) electrons. The number of hydrogen-bond acceptors (Lipinski definition) is 5. The fourth-order valence-corrected chi connectivity index (χ4v) is 4.28. The minimum Gasteiger partial charge on any atom is -0.463 e. The highest BCUT2D eigenvalue weighted by Gasteiger charge is 2.35. The summed E-state index contributed by atoms with van der Waals surface area (Å²) in [5, 5.41) is 5.90. The van der Waals surface area contributed by atoms with E-state index in [1.807, 2.05) is 6.07 Å². The summed E-state index contributed by atoms with van der Waals surface area (Å²) < 4.78 is 19.3. The molecule has 0 aliphatic carbocycles. The molecule has 2 N–H and O–H groups in total. The molecule has 2 aromatic carbocycles. The van der Waals surface area contributed by atoms with Gasteiger partial charge in [0.05, 0.1) is 36.9 Å². The SMILES string of the molecule is CCOC(=O)C1=C(CN(Cc2cccnc2)C(=O)Cc2ccc(Cl)cc2)NC(=O)N[C@@H]1c1cccc(F)c1. The van der Waals surface area contributed by atoms with Gasteiger partial charge in [0.25, 0.3) is 0 Å². The van der Waals surface area contributed by atoms with E-state index in [2.05, 4.69) is 15.6 Å². The second-order valence-electron chi connectivity index (χ2n) is 8.61. The van der Waals surface area contributed by atoms with Crippen LogP contribution in [-0.4, -0.2) is 40.9 Å². The maximum Gasteiger partial charge on any atom is 0.338 e. The first-order valence-corrected chi connectivity index (χ1v) is 12.4. The van der Waals surface area contributed by atoms with Gasteiger partial charge in [-0.3, -0.25) is 9.78 Å². The Morgan fingerprint density at radius 1 is 1.08 bits per heavy atom. The van der Waals surface area contributed by atoms with Crippen LogP contribution in [0.2, 0.25) is 5.02 Å². The van der Waals surface area contributed by atoms with E-state index in [9.17, 15) is 18.8 Å². The predicted octanol–water partition coefficient (Wildman–Crippen LogP) is 4.32. The fourth-order valence-electron chi connectivity index (χ4n) is 4.15. The van der Waals surface area contributed by atoms with Gasteiger partial charge in [-0.2, -0.15) is 0 Å². The first kappa shape index (κ1) is 26.8. The molecular weight excluding hydrogens is 511 g/mol. The molecule has 8 nitrogen and oxygen atoms in total. The standard InChI is InChI=1S/C28H26ClFN4O4/c1-2-38-27(36)25-23(32-28(37)33-26(25)20-6-3-7-22(30)14-20)17-34(16-19-5-4-12-31-15-19)24(35)13-18-8-10-21(29)11-9-18/h3-12,14-15,26H,2,13,16-17H2,1H3,(H2,32,33,37)/t26-/m1/s1. The summed E-state index contributed by atoms with van der Waals surface area (Å²) in [5.74, 6) is -1.45. The third-order valence-corrected chi connectivity index (χ3v) is 6.15. The Morgan fingerprint density at radius 3 is 2.55 bits per heavy atom. The molecule has 0 saturated carbocycles. The van der Waals surface area contributed by atoms with Crippen LogP contribution in [0.3, 0.4) is 0 Å². The molecule has 0 bridgehead atoms. The number of nitrogens with zero attached hydrogens (tertiary/aromatic N) is 2. The number of amides is 3. The molecule has 4 rings (SSSR count). The van der Waals surface area contributed by atoms with E-state index in [1.165, 1.54) is 23.1 Å². The molecule has 1 aliphatic rings. The van der Waals surface area contributed by atoms with Crippen LogP contribution < -0.4 is 10.6 Å². The molecule has 3 aromatic rings. The zero-order chi connectivity index (χ0) is 27.1. The Kier molecular flexibility index (Phi) is 8.70. The molecule has 196 valence electrons. The lowest BCUT2D eigenvalue weighted by Gasteiger charge is -2.32. The van der Waals surface area contributed by atoms with Crippen LogP contribution in [0.5, 0.6) is 0 Å². The number of halogens is 2. The maximum absolute atomic E-state index is 14.1. The number of hydrogen-bond donors (Lipinski definition) is 2. The van der Waals surface area contributed by atoms with Crippen LogP contribution in [0.4, 0.5) is 9.18 Å². The lowest BCUT2D eigenvalue weighted by atomic mass is 9.94. The van der Waals surface area contributed by atoms with Crippen molar-refractivity contribution in [2.45, 2.75) is 25.9 Å². The molecule has 3 amide bonds. The summed E-state index contributed by atoms with van der Waals surface area (Å²) in [6.07, 6.45) is 3.33. The summed E-state index contributed by atoms with van der Waals surface area (Å²) in [7, 11) is 0. The predicted molar refractivity (Wildman–Crippen MR) is 139 cm³/mol. The van der Waals surface area contributed by atoms with Crippen LogP contribution in [0, 0.1) is 5.82 Å². The molecule has 1 atom stereocenters. The lowest BCUT2D eigenvalue weighted by molar-refractivity contribution is -0.139. The fraction of sp³-hybridized carbons (Fsp3) is 0.214. The van der Waals surface area contributed by atoms with Crippen molar-refractivity contribution in [1.82, 2.24) is 20.5 Å². The van der Waals surface area contributed by atoms with E-state index < -0.39 is 23.9 Å². The van der Waals surface area contributed by atoms with Crippen molar-refractivity contribution >= 4 is 29.5 Å². The number of aromatic nitrogens is 1. The van der Waals surface area contributed by atoms with E-state index in [0.717, 1.165) is 11.1 Å². The third-order valence-electron chi connectivity index (χ3n) is 5.90. The zero-order valence-electron chi connectivity index (χ0n) is 20.6. The van der Waals surface area contributed by atoms with Crippen molar-refractivity contribution in [2.24, 2.45) is 0 Å². The minimum atomic E-state index is -0.972. The highest BCUT2D eigenvalue weighted by molar-refractivity contribution is 6.30. The minimum absolute atomic E-state index is 0.0684. The van der Waals surface area contributed by atoms with Gasteiger partial charge in [0.1, 0.15) is 5.82 Å². The second kappa shape index (κ2) is 12.3. The molecule has 1 aromatic heterocycles. The monoisotopic (exact) mass is 536 g/mol. The van der Waals surface area contributed by atoms with E-state index >= 15 is 0 Å². The van der Waals surface area contributed by atoms with Gasteiger partial charge in [-0.05, 0) is 53.9 Å². The molecular formula is C28H26ClFN4O4. The first-order chi connectivity index (χ1) is 18.3. The van der Waals surface area contributed by atoms with Gasteiger partial charge in [-0.15, -0.1) is 0 Å². The highest BCUT2D eigenvalue weighted by atomic mass is 35.5. The topological polar surface area (TPSA) is 101 Å². The zero-order valence-corrected chi connectivity index (χ0v) is 21.4. The number of benzene rings is 2. The average Bonchev–Trinajstić information content (AvgIpc) is 2.90. The summed E-state index contributed by atoms with van der Waals surface area (Å²) in [5.41, 5.74) is 2.16. The van der Waals surface area contributed by atoms with Gasteiger partial charge in [-0.1, -0.05) is 41.9 Å². The molecule has 0 unspecified atom stereocenters. The highest BCUT2D eigenvalue weighted by Crippen LogP contribution is 2.29. The van der Waals surface area contributed by atoms with E-state index in [0.29, 0.717) is 10.6 Å². The first-order valence-electron chi connectivity index (χ1n) is 12.0. The smallest absolute Gasteiger partial charge is 0.338 e. The van der Waals surface area contributed by atoms with E-state index in [-0.39, 0.29) is 43.3 Å². The molecule has 0 saturated heterocycles. The Labute approximate surface area is 224 Å². The maximum atomic E-state index is 14.1. The number of rotatable bonds is 9. The second-order valence-corrected chi connectivity index (χ2v) is 9.05.